The minimum Gasteiger partial charge on any atom is -0.497 e. The quantitative estimate of drug-likeness (QED) is 0.293. The molecule has 1 N–H and O–H groups in total. The van der Waals surface area contributed by atoms with E-state index in [4.69, 9.17) is 21.1 Å². The standard InChI is InChI=1S/C25H21ClF2N4O4S/c1-35-19-9-8-16(23(10-19)36-2)15-32(25-29-13-17(27)14-30-25)37(33,34)24-11-20(26)22(12-21(24)28)31-18-6-4-3-5-7-18/h3-14,31H,15H2,1-2H3. The van der Waals surface area contributed by atoms with Crippen LogP contribution in [-0.4, -0.2) is 32.6 Å². The van der Waals surface area contributed by atoms with Crippen LogP contribution in [0.1, 0.15) is 5.56 Å². The fraction of sp³-hybridized carbons (Fsp3) is 0.120. The van der Waals surface area contributed by atoms with E-state index >= 15 is 4.39 Å². The molecule has 0 bridgehead atoms. The summed E-state index contributed by atoms with van der Waals surface area (Å²) in [5.74, 6) is -1.42. The molecule has 12 heteroatoms. The molecule has 8 nitrogen and oxygen atoms in total. The Morgan fingerprint density at radius 1 is 0.973 bits per heavy atom. The van der Waals surface area contributed by atoms with Crippen LogP contribution in [0.2, 0.25) is 5.02 Å². The van der Waals surface area contributed by atoms with Crippen molar-refractivity contribution in [3.63, 3.8) is 0 Å². The molecule has 0 aliphatic heterocycles. The fourth-order valence-corrected chi connectivity index (χ4v) is 5.16. The molecule has 192 valence electrons. The second-order valence-corrected chi connectivity index (χ2v) is 9.88. The summed E-state index contributed by atoms with van der Waals surface area (Å²) in [6, 6.07) is 15.6. The summed E-state index contributed by atoms with van der Waals surface area (Å²) in [4.78, 5) is 6.91. The van der Waals surface area contributed by atoms with E-state index in [2.05, 4.69) is 15.3 Å². The van der Waals surface area contributed by atoms with Gasteiger partial charge in [-0.05, 0) is 30.3 Å². The van der Waals surface area contributed by atoms with Crippen LogP contribution in [0.3, 0.4) is 0 Å². The molecule has 0 aliphatic rings. The van der Waals surface area contributed by atoms with Crippen molar-refractivity contribution in [3.05, 3.63) is 95.3 Å². The maximum absolute atomic E-state index is 15.3. The summed E-state index contributed by atoms with van der Waals surface area (Å²) in [5.41, 5.74) is 1.20. The molecule has 0 unspecified atom stereocenters. The SMILES string of the molecule is COc1ccc(CN(c2ncc(F)cn2)S(=O)(=O)c2cc(Cl)c(Nc3ccccc3)cc2F)c(OC)c1. The molecule has 1 heterocycles. The van der Waals surface area contributed by atoms with E-state index in [0.29, 0.717) is 22.7 Å². The summed E-state index contributed by atoms with van der Waals surface area (Å²) >= 11 is 6.34. The van der Waals surface area contributed by atoms with Crippen LogP contribution >= 0.6 is 11.6 Å². The van der Waals surface area contributed by atoms with Crippen LogP contribution in [0.4, 0.5) is 26.1 Å². The lowest BCUT2D eigenvalue weighted by molar-refractivity contribution is 0.391. The van der Waals surface area contributed by atoms with Gasteiger partial charge >= 0.3 is 0 Å². The van der Waals surface area contributed by atoms with E-state index in [9.17, 15) is 12.8 Å². The first-order valence-electron chi connectivity index (χ1n) is 10.7. The highest BCUT2D eigenvalue weighted by atomic mass is 35.5. The first-order chi connectivity index (χ1) is 17.7. The number of aromatic nitrogens is 2. The van der Waals surface area contributed by atoms with Crippen LogP contribution in [0.15, 0.2) is 78.0 Å². The van der Waals surface area contributed by atoms with Gasteiger partial charge in [0.05, 0.1) is 43.9 Å². The van der Waals surface area contributed by atoms with Gasteiger partial charge in [0.25, 0.3) is 10.0 Å². The Morgan fingerprint density at radius 2 is 1.68 bits per heavy atom. The zero-order valence-corrected chi connectivity index (χ0v) is 21.2. The van der Waals surface area contributed by atoms with Gasteiger partial charge in [0.15, 0.2) is 5.82 Å². The lowest BCUT2D eigenvalue weighted by Gasteiger charge is -2.24. The molecular formula is C25H21ClF2N4O4S. The van der Waals surface area contributed by atoms with Gasteiger partial charge in [0.1, 0.15) is 22.2 Å². The zero-order valence-electron chi connectivity index (χ0n) is 19.7. The lowest BCUT2D eigenvalue weighted by atomic mass is 10.2. The Morgan fingerprint density at radius 3 is 2.32 bits per heavy atom. The van der Waals surface area contributed by atoms with E-state index in [-0.39, 0.29) is 23.2 Å². The van der Waals surface area contributed by atoms with Crippen molar-refractivity contribution < 1.29 is 26.7 Å². The van der Waals surface area contributed by atoms with Crippen molar-refractivity contribution in [1.82, 2.24) is 9.97 Å². The van der Waals surface area contributed by atoms with Crippen LogP contribution in [0, 0.1) is 11.6 Å². The molecule has 0 spiro atoms. The normalized spacial score (nSPS) is 11.2. The van der Waals surface area contributed by atoms with E-state index in [1.54, 1.807) is 42.5 Å². The molecule has 0 atom stereocenters. The minimum atomic E-state index is -4.64. The molecule has 0 aliphatic carbocycles. The molecule has 37 heavy (non-hydrogen) atoms. The van der Waals surface area contributed by atoms with Gasteiger partial charge in [-0.15, -0.1) is 0 Å². The van der Waals surface area contributed by atoms with Crippen molar-refractivity contribution >= 4 is 38.9 Å². The number of hydrogen-bond acceptors (Lipinski definition) is 7. The second-order valence-electron chi connectivity index (χ2n) is 7.64. The molecule has 0 fully saturated rings. The average Bonchev–Trinajstić information content (AvgIpc) is 2.90. The number of methoxy groups -OCH3 is 2. The summed E-state index contributed by atoms with van der Waals surface area (Å²) in [5, 5.41) is 2.91. The van der Waals surface area contributed by atoms with Crippen molar-refractivity contribution in [2.75, 3.05) is 23.8 Å². The monoisotopic (exact) mass is 546 g/mol. The topological polar surface area (TPSA) is 93.7 Å². The van der Waals surface area contributed by atoms with Crippen LogP contribution in [0.25, 0.3) is 0 Å². The average molecular weight is 547 g/mol. The first kappa shape index (κ1) is 26.1. The number of hydrogen-bond donors (Lipinski definition) is 1. The Kier molecular flexibility index (Phi) is 7.74. The Labute approximate surface area is 217 Å². The van der Waals surface area contributed by atoms with E-state index in [1.807, 2.05) is 6.07 Å². The molecule has 0 amide bonds. The van der Waals surface area contributed by atoms with Gasteiger partial charge in [-0.1, -0.05) is 29.8 Å². The third-order valence-corrected chi connectivity index (χ3v) is 7.33. The Bertz CT molecular complexity index is 1510. The van der Waals surface area contributed by atoms with Crippen molar-refractivity contribution in [1.29, 1.82) is 0 Å². The number of sulfonamides is 1. The molecule has 1 aromatic heterocycles. The fourth-order valence-electron chi connectivity index (χ4n) is 3.45. The third-order valence-electron chi connectivity index (χ3n) is 5.28. The van der Waals surface area contributed by atoms with Gasteiger partial charge in [-0.25, -0.2) is 31.5 Å². The maximum atomic E-state index is 15.3. The van der Waals surface area contributed by atoms with Crippen LogP contribution < -0.4 is 19.1 Å². The number of nitrogens with one attached hydrogen (secondary N) is 1. The highest BCUT2D eigenvalue weighted by Gasteiger charge is 2.32. The molecular weight excluding hydrogens is 526 g/mol. The van der Waals surface area contributed by atoms with E-state index in [0.717, 1.165) is 28.8 Å². The van der Waals surface area contributed by atoms with Crippen molar-refractivity contribution in [3.8, 4) is 11.5 Å². The maximum Gasteiger partial charge on any atom is 0.269 e. The third kappa shape index (κ3) is 5.73. The smallest absolute Gasteiger partial charge is 0.269 e. The molecule has 0 radical (unpaired) electrons. The van der Waals surface area contributed by atoms with Gasteiger partial charge in [-0.3, -0.25) is 0 Å². The Hall–Kier alpha value is -3.96. The number of benzene rings is 3. The van der Waals surface area contributed by atoms with Gasteiger partial charge < -0.3 is 14.8 Å². The van der Waals surface area contributed by atoms with Crippen LogP contribution in [0.5, 0.6) is 11.5 Å². The summed E-state index contributed by atoms with van der Waals surface area (Å²) < 4.78 is 67.6. The zero-order chi connectivity index (χ0) is 26.6. The number of rotatable bonds is 9. The lowest BCUT2D eigenvalue weighted by Crippen LogP contribution is -2.33. The van der Waals surface area contributed by atoms with Crippen molar-refractivity contribution in [2.24, 2.45) is 0 Å². The molecule has 0 saturated carbocycles. The largest absolute Gasteiger partial charge is 0.497 e. The van der Waals surface area contributed by atoms with Gasteiger partial charge in [-0.2, -0.15) is 0 Å². The minimum absolute atomic E-state index is 0.0363. The second kappa shape index (κ2) is 11.0. The molecule has 4 aromatic rings. The van der Waals surface area contributed by atoms with Crippen molar-refractivity contribution in [2.45, 2.75) is 11.4 Å². The summed E-state index contributed by atoms with van der Waals surface area (Å²) in [6.07, 6.45) is 1.62. The molecule has 4 rings (SSSR count). The molecule has 3 aromatic carbocycles. The molecule has 0 saturated heterocycles. The van der Waals surface area contributed by atoms with Gasteiger partial charge in [0.2, 0.25) is 5.95 Å². The summed E-state index contributed by atoms with van der Waals surface area (Å²) in [7, 11) is -1.76. The number of halogens is 3. The predicted octanol–water partition coefficient (Wildman–Crippen LogP) is 5.56. The number of ether oxygens (including phenoxy) is 2. The first-order valence-corrected chi connectivity index (χ1v) is 12.6. The highest BCUT2D eigenvalue weighted by molar-refractivity contribution is 7.92. The highest BCUT2D eigenvalue weighted by Crippen LogP contribution is 2.34. The van der Waals surface area contributed by atoms with Crippen LogP contribution in [-0.2, 0) is 16.6 Å². The number of anilines is 3. The Balaban J connectivity index is 1.78. The van der Waals surface area contributed by atoms with E-state index < -0.39 is 26.6 Å². The van der Waals surface area contributed by atoms with E-state index in [1.165, 1.54) is 14.2 Å². The summed E-state index contributed by atoms with van der Waals surface area (Å²) in [6.45, 7) is -0.359. The number of nitrogens with zero attached hydrogens (tertiary/aromatic N) is 3. The number of para-hydroxylation sites is 1. The van der Waals surface area contributed by atoms with Gasteiger partial charge in [0, 0.05) is 23.4 Å². The predicted molar refractivity (Wildman–Crippen MR) is 136 cm³/mol.